The molecule has 2 aromatic rings. The van der Waals surface area contributed by atoms with Crippen molar-refractivity contribution in [1.82, 2.24) is 14.3 Å². The molecule has 0 saturated carbocycles. The van der Waals surface area contributed by atoms with E-state index in [0.717, 1.165) is 16.8 Å². The Kier molecular flexibility index (Phi) is 3.40. The van der Waals surface area contributed by atoms with Gasteiger partial charge in [0.2, 0.25) is 0 Å². The van der Waals surface area contributed by atoms with Gasteiger partial charge in [0.25, 0.3) is 0 Å². The number of benzene rings is 1. The molecule has 0 aliphatic heterocycles. The van der Waals surface area contributed by atoms with Crippen LogP contribution in [-0.4, -0.2) is 14.3 Å². The van der Waals surface area contributed by atoms with Gasteiger partial charge in [0, 0.05) is 12.1 Å². The Balaban J connectivity index is 2.40. The van der Waals surface area contributed by atoms with Gasteiger partial charge in [-0.25, -0.2) is 9.48 Å². The molecular weight excluding hydrogens is 283 g/mol. The maximum atomic E-state index is 12.6. The SMILES string of the molecule is Cn1ncn(Cc2cc(C(F)(F)F)ccc2Cl)c1=O. The van der Waals surface area contributed by atoms with Crippen LogP contribution in [0.25, 0.3) is 0 Å². The maximum Gasteiger partial charge on any atom is 0.416 e. The Morgan fingerprint density at radius 2 is 2.05 bits per heavy atom. The third-order valence-electron chi connectivity index (χ3n) is 2.60. The smallest absolute Gasteiger partial charge is 0.277 e. The van der Waals surface area contributed by atoms with Crippen molar-refractivity contribution >= 4 is 11.6 Å². The van der Waals surface area contributed by atoms with Crippen LogP contribution >= 0.6 is 11.6 Å². The first kappa shape index (κ1) is 13.7. The average molecular weight is 292 g/mol. The summed E-state index contributed by atoms with van der Waals surface area (Å²) < 4.78 is 40.0. The number of hydrogen-bond donors (Lipinski definition) is 0. The predicted molar refractivity (Wildman–Crippen MR) is 63.0 cm³/mol. The fourth-order valence-corrected chi connectivity index (χ4v) is 1.77. The van der Waals surface area contributed by atoms with E-state index in [1.807, 2.05) is 0 Å². The van der Waals surface area contributed by atoms with Crippen molar-refractivity contribution in [2.45, 2.75) is 12.7 Å². The lowest BCUT2D eigenvalue weighted by atomic mass is 10.1. The van der Waals surface area contributed by atoms with Gasteiger partial charge in [0.1, 0.15) is 6.33 Å². The summed E-state index contributed by atoms with van der Waals surface area (Å²) in [6.45, 7) is -0.0601. The largest absolute Gasteiger partial charge is 0.416 e. The molecule has 1 aromatic heterocycles. The second-order valence-electron chi connectivity index (χ2n) is 3.97. The van der Waals surface area contributed by atoms with Crippen molar-refractivity contribution in [3.05, 3.63) is 51.2 Å². The molecule has 0 unspecified atom stereocenters. The van der Waals surface area contributed by atoms with Crippen LogP contribution < -0.4 is 5.69 Å². The molecule has 1 heterocycles. The minimum Gasteiger partial charge on any atom is -0.277 e. The van der Waals surface area contributed by atoms with Crippen molar-refractivity contribution in [1.29, 1.82) is 0 Å². The summed E-state index contributed by atoms with van der Waals surface area (Å²) in [5, 5.41) is 3.89. The number of rotatable bonds is 2. The number of nitrogens with zero attached hydrogens (tertiary/aromatic N) is 3. The lowest BCUT2D eigenvalue weighted by molar-refractivity contribution is -0.137. The number of alkyl halides is 3. The van der Waals surface area contributed by atoms with Gasteiger partial charge in [-0.1, -0.05) is 11.6 Å². The van der Waals surface area contributed by atoms with Gasteiger partial charge in [0.05, 0.1) is 12.1 Å². The summed E-state index contributed by atoms with van der Waals surface area (Å²) in [5.74, 6) is 0. The predicted octanol–water partition coefficient (Wildman–Crippen LogP) is 2.30. The average Bonchev–Trinajstić information content (AvgIpc) is 2.62. The highest BCUT2D eigenvalue weighted by atomic mass is 35.5. The van der Waals surface area contributed by atoms with Gasteiger partial charge in [-0.05, 0) is 23.8 Å². The monoisotopic (exact) mass is 291 g/mol. The van der Waals surface area contributed by atoms with Crippen LogP contribution in [0, 0.1) is 0 Å². The van der Waals surface area contributed by atoms with E-state index in [9.17, 15) is 18.0 Å². The quantitative estimate of drug-likeness (QED) is 0.852. The topological polar surface area (TPSA) is 39.8 Å². The summed E-state index contributed by atoms with van der Waals surface area (Å²) in [6.07, 6.45) is -3.20. The fourth-order valence-electron chi connectivity index (χ4n) is 1.59. The van der Waals surface area contributed by atoms with E-state index in [-0.39, 0.29) is 17.1 Å². The molecule has 0 atom stereocenters. The third-order valence-corrected chi connectivity index (χ3v) is 2.97. The highest BCUT2D eigenvalue weighted by Crippen LogP contribution is 2.31. The minimum atomic E-state index is -4.45. The van der Waals surface area contributed by atoms with Crippen LogP contribution in [0.2, 0.25) is 5.02 Å². The van der Waals surface area contributed by atoms with Crippen LogP contribution in [0.3, 0.4) is 0 Å². The zero-order valence-corrected chi connectivity index (χ0v) is 10.5. The lowest BCUT2D eigenvalue weighted by Gasteiger charge is -2.10. The maximum absolute atomic E-state index is 12.6. The molecule has 0 spiro atoms. The van der Waals surface area contributed by atoms with E-state index in [0.29, 0.717) is 0 Å². The zero-order chi connectivity index (χ0) is 14.2. The zero-order valence-electron chi connectivity index (χ0n) is 9.78. The summed E-state index contributed by atoms with van der Waals surface area (Å²) in [7, 11) is 1.45. The molecule has 4 nitrogen and oxygen atoms in total. The van der Waals surface area contributed by atoms with Gasteiger partial charge in [0.15, 0.2) is 0 Å². The molecule has 0 fully saturated rings. The van der Waals surface area contributed by atoms with Gasteiger partial charge >= 0.3 is 11.9 Å². The number of halogens is 4. The van der Waals surface area contributed by atoms with E-state index < -0.39 is 17.4 Å². The molecule has 0 aliphatic carbocycles. The molecule has 8 heteroatoms. The van der Waals surface area contributed by atoms with E-state index in [2.05, 4.69) is 5.10 Å². The van der Waals surface area contributed by atoms with Crippen LogP contribution in [0.1, 0.15) is 11.1 Å². The van der Waals surface area contributed by atoms with Crippen molar-refractivity contribution in [2.24, 2.45) is 7.05 Å². The molecule has 0 saturated heterocycles. The summed E-state index contributed by atoms with van der Waals surface area (Å²) in [6, 6.07) is 3.00. The van der Waals surface area contributed by atoms with E-state index >= 15 is 0 Å². The third kappa shape index (κ3) is 2.81. The second kappa shape index (κ2) is 4.73. The normalized spacial score (nSPS) is 11.8. The Morgan fingerprint density at radius 1 is 1.37 bits per heavy atom. The number of hydrogen-bond acceptors (Lipinski definition) is 2. The summed E-state index contributed by atoms with van der Waals surface area (Å²) in [4.78, 5) is 11.6. The molecule has 2 rings (SSSR count). The minimum absolute atomic E-state index is 0.0601. The molecule has 0 amide bonds. The lowest BCUT2D eigenvalue weighted by Crippen LogP contribution is -2.23. The number of aromatic nitrogens is 3. The van der Waals surface area contributed by atoms with Crippen LogP contribution in [0.4, 0.5) is 13.2 Å². The Labute approximate surface area is 111 Å². The van der Waals surface area contributed by atoms with Gasteiger partial charge < -0.3 is 0 Å². The van der Waals surface area contributed by atoms with Gasteiger partial charge in [-0.2, -0.15) is 18.3 Å². The molecule has 0 aliphatic rings. The van der Waals surface area contributed by atoms with Crippen LogP contribution in [0.15, 0.2) is 29.3 Å². The van der Waals surface area contributed by atoms with Crippen molar-refractivity contribution in [3.8, 4) is 0 Å². The van der Waals surface area contributed by atoms with Crippen molar-refractivity contribution in [3.63, 3.8) is 0 Å². The first-order chi connectivity index (χ1) is 8.79. The van der Waals surface area contributed by atoms with Gasteiger partial charge in [-0.15, -0.1) is 0 Å². The van der Waals surface area contributed by atoms with E-state index in [1.54, 1.807) is 0 Å². The summed E-state index contributed by atoms with van der Waals surface area (Å²) >= 11 is 5.85. The highest BCUT2D eigenvalue weighted by Gasteiger charge is 2.30. The Bertz CT molecular complexity index is 660. The number of aryl methyl sites for hydroxylation is 1. The molecule has 102 valence electrons. The van der Waals surface area contributed by atoms with E-state index in [1.165, 1.54) is 24.0 Å². The Hall–Kier alpha value is -1.76. The highest BCUT2D eigenvalue weighted by molar-refractivity contribution is 6.31. The summed E-state index contributed by atoms with van der Waals surface area (Å²) in [5.41, 5.74) is -1.01. The molecule has 0 radical (unpaired) electrons. The molecule has 1 aromatic carbocycles. The van der Waals surface area contributed by atoms with Crippen molar-refractivity contribution in [2.75, 3.05) is 0 Å². The molecular formula is C11H9ClF3N3O. The molecule has 19 heavy (non-hydrogen) atoms. The Morgan fingerprint density at radius 3 is 2.58 bits per heavy atom. The second-order valence-corrected chi connectivity index (χ2v) is 4.38. The fraction of sp³-hybridized carbons (Fsp3) is 0.273. The first-order valence-electron chi connectivity index (χ1n) is 5.23. The standard InChI is InChI=1S/C11H9ClF3N3O/c1-17-10(19)18(6-16-17)5-7-4-8(11(13,14)15)2-3-9(7)12/h2-4,6H,5H2,1H3. The van der Waals surface area contributed by atoms with Gasteiger partial charge in [-0.3, -0.25) is 4.57 Å². The van der Waals surface area contributed by atoms with Crippen LogP contribution in [-0.2, 0) is 19.8 Å². The van der Waals surface area contributed by atoms with E-state index in [4.69, 9.17) is 11.6 Å². The van der Waals surface area contributed by atoms with Crippen LogP contribution in [0.5, 0.6) is 0 Å². The first-order valence-corrected chi connectivity index (χ1v) is 5.61. The molecule has 0 bridgehead atoms. The molecule has 0 N–H and O–H groups in total. The van der Waals surface area contributed by atoms with Crippen molar-refractivity contribution < 1.29 is 13.2 Å².